The van der Waals surface area contributed by atoms with Crippen LogP contribution in [0.25, 0.3) is 0 Å². The average Bonchev–Trinajstić information content (AvgIpc) is 2.93. The second-order valence-electron chi connectivity index (χ2n) is 5.20. The Morgan fingerprint density at radius 3 is 3.05 bits per heavy atom. The van der Waals surface area contributed by atoms with Crippen LogP contribution in [0.3, 0.4) is 0 Å². The molecule has 0 saturated heterocycles. The first-order valence-corrected chi connectivity index (χ1v) is 8.80. The highest BCUT2D eigenvalue weighted by Gasteiger charge is 2.24. The Labute approximate surface area is 127 Å². The van der Waals surface area contributed by atoms with Gasteiger partial charge in [-0.15, -0.1) is 23.1 Å². The molecule has 2 aromatic rings. The molecule has 4 heteroatoms. The summed E-state index contributed by atoms with van der Waals surface area (Å²) >= 11 is 3.44. The van der Waals surface area contributed by atoms with Crippen LogP contribution < -0.4 is 5.32 Å². The number of fused-ring (bicyclic) bond motifs is 1. The summed E-state index contributed by atoms with van der Waals surface area (Å²) in [6, 6.07) is 10.4. The predicted octanol–water partition coefficient (Wildman–Crippen LogP) is 4.64. The molecule has 1 aromatic heterocycles. The monoisotopic (exact) mass is 307 g/mol. The molecule has 1 aliphatic rings. The lowest BCUT2D eigenvalue weighted by Gasteiger charge is -2.29. The van der Waals surface area contributed by atoms with Gasteiger partial charge in [-0.2, -0.15) is 0 Å². The van der Waals surface area contributed by atoms with Gasteiger partial charge in [-0.05, 0) is 48.6 Å². The lowest BCUT2D eigenvalue weighted by Crippen LogP contribution is -2.33. The van der Waals surface area contributed by atoms with E-state index in [4.69, 9.17) is 0 Å². The highest BCUT2D eigenvalue weighted by molar-refractivity contribution is 7.99. The molecular formula is C16H18FNS2. The molecule has 0 spiro atoms. The molecule has 1 N–H and O–H groups in total. The third-order valence-electron chi connectivity index (χ3n) is 3.60. The van der Waals surface area contributed by atoms with Gasteiger partial charge in [-0.25, -0.2) is 4.39 Å². The summed E-state index contributed by atoms with van der Waals surface area (Å²) in [4.78, 5) is 2.23. The Morgan fingerprint density at radius 2 is 2.25 bits per heavy atom. The summed E-state index contributed by atoms with van der Waals surface area (Å²) in [5.74, 6) is 0.905. The number of thioether (sulfide) groups is 1. The number of halogens is 1. The minimum Gasteiger partial charge on any atom is -0.307 e. The standard InChI is InChI=1S/C16H18FNS2/c1-11(10-12-4-3-8-19-12)18-15-7-9-20-16-13(15)5-2-6-14(16)17/h2-6,8,11,15,18H,7,9-10H2,1H3. The molecule has 3 rings (SSSR count). The molecule has 0 radical (unpaired) electrons. The van der Waals surface area contributed by atoms with Crippen LogP contribution in [-0.4, -0.2) is 11.8 Å². The van der Waals surface area contributed by atoms with Crippen LogP contribution in [0.1, 0.15) is 29.8 Å². The number of hydrogen-bond donors (Lipinski definition) is 1. The molecule has 0 fully saturated rings. The first kappa shape index (κ1) is 14.1. The largest absolute Gasteiger partial charge is 0.307 e. The van der Waals surface area contributed by atoms with E-state index in [1.807, 2.05) is 6.07 Å². The third kappa shape index (κ3) is 3.08. The van der Waals surface area contributed by atoms with Gasteiger partial charge in [-0.1, -0.05) is 18.2 Å². The van der Waals surface area contributed by atoms with E-state index in [0.29, 0.717) is 6.04 Å². The molecule has 0 aliphatic carbocycles. The van der Waals surface area contributed by atoms with Crippen molar-refractivity contribution >= 4 is 23.1 Å². The van der Waals surface area contributed by atoms with E-state index in [-0.39, 0.29) is 11.9 Å². The zero-order valence-corrected chi connectivity index (χ0v) is 13.1. The van der Waals surface area contributed by atoms with Gasteiger partial charge < -0.3 is 5.32 Å². The van der Waals surface area contributed by atoms with E-state index in [1.165, 1.54) is 4.88 Å². The van der Waals surface area contributed by atoms with Crippen molar-refractivity contribution in [3.8, 4) is 0 Å². The molecule has 0 amide bonds. The van der Waals surface area contributed by atoms with Crippen molar-refractivity contribution in [1.29, 1.82) is 0 Å². The number of nitrogens with one attached hydrogen (secondary N) is 1. The van der Waals surface area contributed by atoms with Crippen LogP contribution >= 0.6 is 23.1 Å². The van der Waals surface area contributed by atoms with Crippen molar-refractivity contribution in [2.75, 3.05) is 5.75 Å². The third-order valence-corrected chi connectivity index (χ3v) is 5.66. The number of rotatable bonds is 4. The fourth-order valence-electron chi connectivity index (χ4n) is 2.69. The topological polar surface area (TPSA) is 12.0 Å². The summed E-state index contributed by atoms with van der Waals surface area (Å²) in [6.45, 7) is 2.21. The first-order chi connectivity index (χ1) is 9.74. The second-order valence-corrected chi connectivity index (χ2v) is 7.34. The van der Waals surface area contributed by atoms with Gasteiger partial charge in [0.2, 0.25) is 0 Å². The Bertz CT molecular complexity index is 568. The fourth-order valence-corrected chi connectivity index (χ4v) is 4.67. The van der Waals surface area contributed by atoms with Crippen LogP contribution in [0.5, 0.6) is 0 Å². The van der Waals surface area contributed by atoms with Gasteiger partial charge in [0.15, 0.2) is 0 Å². The lowest BCUT2D eigenvalue weighted by molar-refractivity contribution is 0.434. The quantitative estimate of drug-likeness (QED) is 0.883. The Morgan fingerprint density at radius 1 is 1.35 bits per heavy atom. The Hall–Kier alpha value is -0.840. The first-order valence-electron chi connectivity index (χ1n) is 6.93. The van der Waals surface area contributed by atoms with Gasteiger partial charge in [0.25, 0.3) is 0 Å². The number of thiophene rings is 1. The smallest absolute Gasteiger partial charge is 0.137 e. The van der Waals surface area contributed by atoms with Gasteiger partial charge in [0.05, 0.1) is 0 Å². The van der Waals surface area contributed by atoms with Gasteiger partial charge in [-0.3, -0.25) is 0 Å². The minimum atomic E-state index is -0.0788. The van der Waals surface area contributed by atoms with Gasteiger partial charge >= 0.3 is 0 Å². The summed E-state index contributed by atoms with van der Waals surface area (Å²) in [5, 5.41) is 5.78. The highest BCUT2D eigenvalue weighted by Crippen LogP contribution is 2.38. The molecular weight excluding hydrogens is 289 g/mol. The summed E-state index contributed by atoms with van der Waals surface area (Å²) in [6.07, 6.45) is 2.10. The van der Waals surface area contributed by atoms with Crippen molar-refractivity contribution in [2.24, 2.45) is 0 Å². The van der Waals surface area contributed by atoms with E-state index >= 15 is 0 Å². The van der Waals surface area contributed by atoms with Crippen molar-refractivity contribution in [3.05, 3.63) is 52.0 Å². The molecule has 1 aromatic carbocycles. The van der Waals surface area contributed by atoms with E-state index in [0.717, 1.165) is 29.1 Å². The molecule has 106 valence electrons. The maximum atomic E-state index is 13.8. The highest BCUT2D eigenvalue weighted by atomic mass is 32.2. The van der Waals surface area contributed by atoms with Crippen molar-refractivity contribution in [1.82, 2.24) is 5.32 Å². The van der Waals surface area contributed by atoms with E-state index in [1.54, 1.807) is 29.2 Å². The van der Waals surface area contributed by atoms with E-state index in [9.17, 15) is 4.39 Å². The van der Waals surface area contributed by atoms with E-state index in [2.05, 4.69) is 35.8 Å². The fraction of sp³-hybridized carbons (Fsp3) is 0.375. The van der Waals surface area contributed by atoms with Gasteiger partial charge in [0.1, 0.15) is 5.82 Å². The second kappa shape index (κ2) is 6.29. The molecule has 20 heavy (non-hydrogen) atoms. The number of benzene rings is 1. The molecule has 1 nitrogen and oxygen atoms in total. The van der Waals surface area contributed by atoms with E-state index < -0.39 is 0 Å². The van der Waals surface area contributed by atoms with Crippen LogP contribution in [0.15, 0.2) is 40.6 Å². The van der Waals surface area contributed by atoms with Gasteiger partial charge in [0, 0.05) is 21.9 Å². The van der Waals surface area contributed by atoms with Crippen molar-refractivity contribution in [3.63, 3.8) is 0 Å². The Balaban J connectivity index is 1.71. The summed E-state index contributed by atoms with van der Waals surface area (Å²) < 4.78 is 13.8. The molecule has 2 atom stereocenters. The summed E-state index contributed by atoms with van der Waals surface area (Å²) in [7, 11) is 0. The predicted molar refractivity (Wildman–Crippen MR) is 85.1 cm³/mol. The van der Waals surface area contributed by atoms with Crippen LogP contribution in [0.2, 0.25) is 0 Å². The van der Waals surface area contributed by atoms with Crippen LogP contribution in [0.4, 0.5) is 4.39 Å². The minimum absolute atomic E-state index is 0.0788. The maximum absolute atomic E-state index is 13.8. The zero-order valence-electron chi connectivity index (χ0n) is 11.4. The number of hydrogen-bond acceptors (Lipinski definition) is 3. The Kier molecular flexibility index (Phi) is 4.44. The molecule has 2 heterocycles. The zero-order chi connectivity index (χ0) is 13.9. The van der Waals surface area contributed by atoms with Crippen molar-refractivity contribution in [2.45, 2.75) is 36.7 Å². The van der Waals surface area contributed by atoms with Crippen LogP contribution in [0, 0.1) is 5.82 Å². The van der Waals surface area contributed by atoms with Crippen LogP contribution in [-0.2, 0) is 6.42 Å². The molecule has 0 bridgehead atoms. The molecule has 1 aliphatic heterocycles. The summed E-state index contributed by atoms with van der Waals surface area (Å²) in [5.41, 5.74) is 1.12. The maximum Gasteiger partial charge on any atom is 0.137 e. The molecule has 0 saturated carbocycles. The SMILES string of the molecule is CC(Cc1cccs1)NC1CCSc2c(F)cccc21. The van der Waals surface area contributed by atoms with Crippen molar-refractivity contribution < 1.29 is 4.39 Å². The normalized spacial score (nSPS) is 19.6. The average molecular weight is 307 g/mol. The lowest BCUT2D eigenvalue weighted by atomic mass is 10.0. The molecule has 2 unspecified atom stereocenters.